The van der Waals surface area contributed by atoms with E-state index < -0.39 is 5.97 Å². The van der Waals surface area contributed by atoms with E-state index in [1.54, 1.807) is 11.9 Å². The molecule has 19 heavy (non-hydrogen) atoms. The minimum Gasteiger partial charge on any atom is -0.481 e. The number of carboxylic acids is 1. The van der Waals surface area contributed by atoms with Crippen LogP contribution < -0.4 is 9.85 Å². The number of esters is 1. The Balaban J connectivity index is 1.65. The summed E-state index contributed by atoms with van der Waals surface area (Å²) in [5, 5.41) is 11.7. The molecular formula is C10H17N3O6. The van der Waals surface area contributed by atoms with Crippen LogP contribution >= 0.6 is 0 Å². The summed E-state index contributed by atoms with van der Waals surface area (Å²) in [6, 6.07) is 0. The highest BCUT2D eigenvalue weighted by Gasteiger charge is 2.33. The van der Waals surface area contributed by atoms with Crippen molar-refractivity contribution in [3.63, 3.8) is 0 Å². The highest BCUT2D eigenvalue weighted by molar-refractivity contribution is 5.71. The first-order valence-corrected chi connectivity index (χ1v) is 6.16. The van der Waals surface area contributed by atoms with Gasteiger partial charge < -0.3 is 14.7 Å². The van der Waals surface area contributed by atoms with E-state index in [2.05, 4.69) is 0 Å². The van der Waals surface area contributed by atoms with Crippen LogP contribution in [0.5, 0.6) is 0 Å². The van der Waals surface area contributed by atoms with Gasteiger partial charge in [-0.25, -0.2) is 0 Å². The van der Waals surface area contributed by atoms with Crippen molar-refractivity contribution in [1.29, 1.82) is 0 Å². The summed E-state index contributed by atoms with van der Waals surface area (Å²) in [5.74, 6) is -1.46. The molecule has 2 rings (SSSR count). The maximum absolute atomic E-state index is 10.8. The molecule has 1 unspecified atom stereocenters. The van der Waals surface area contributed by atoms with Crippen molar-refractivity contribution < 1.29 is 28.9 Å². The van der Waals surface area contributed by atoms with Gasteiger partial charge >= 0.3 is 11.9 Å². The summed E-state index contributed by atoms with van der Waals surface area (Å²) in [4.78, 5) is 28.1. The molecule has 9 heteroatoms. The van der Waals surface area contributed by atoms with E-state index in [9.17, 15) is 9.59 Å². The van der Waals surface area contributed by atoms with Crippen molar-refractivity contribution in [2.24, 2.45) is 5.92 Å². The highest BCUT2D eigenvalue weighted by atomic mass is 17.0. The van der Waals surface area contributed by atoms with Crippen molar-refractivity contribution in [1.82, 2.24) is 9.98 Å². The van der Waals surface area contributed by atoms with E-state index in [4.69, 9.17) is 19.3 Å². The van der Waals surface area contributed by atoms with Crippen LogP contribution in [0, 0.1) is 5.92 Å². The molecule has 0 radical (unpaired) electrons. The molecule has 0 saturated carbocycles. The zero-order chi connectivity index (χ0) is 13.8. The lowest BCUT2D eigenvalue weighted by Crippen LogP contribution is -2.32. The van der Waals surface area contributed by atoms with Gasteiger partial charge in [-0.1, -0.05) is 6.92 Å². The van der Waals surface area contributed by atoms with Gasteiger partial charge in [-0.2, -0.15) is 4.63 Å². The number of rotatable bonds is 7. The van der Waals surface area contributed by atoms with Gasteiger partial charge in [0, 0.05) is 17.9 Å². The summed E-state index contributed by atoms with van der Waals surface area (Å²) in [5.41, 5.74) is 0. The molecule has 0 aliphatic carbocycles. The molecule has 1 aromatic heterocycles. The Bertz CT molecular complexity index is 433. The van der Waals surface area contributed by atoms with Crippen molar-refractivity contribution in [3.8, 4) is 0 Å². The van der Waals surface area contributed by atoms with E-state index >= 15 is 0 Å². The Labute approximate surface area is 109 Å². The quantitative estimate of drug-likeness (QED) is 0.519. The van der Waals surface area contributed by atoms with Gasteiger partial charge in [0.15, 0.2) is 6.61 Å². The van der Waals surface area contributed by atoms with Crippen LogP contribution in [0.4, 0.5) is 0 Å². The molecule has 1 fully saturated rings. The molecular weight excluding hydrogens is 258 g/mol. The molecule has 1 aliphatic heterocycles. The fraction of sp³-hybridized carbons (Fsp3) is 0.800. The first kappa shape index (κ1) is 13.4. The van der Waals surface area contributed by atoms with Crippen molar-refractivity contribution >= 4 is 11.9 Å². The van der Waals surface area contributed by atoms with Crippen molar-refractivity contribution in [3.05, 3.63) is 0 Å². The molecule has 1 aliphatic rings. The summed E-state index contributed by atoms with van der Waals surface area (Å²) in [6.07, 6.45) is 0.911. The molecule has 1 saturated heterocycles. The zero-order valence-electron chi connectivity index (χ0n) is 10.7. The van der Waals surface area contributed by atoms with Crippen molar-refractivity contribution in [2.45, 2.75) is 19.8 Å². The highest BCUT2D eigenvalue weighted by Crippen LogP contribution is 2.16. The minimum atomic E-state index is -0.803. The Hall–Kier alpha value is -2.06. The molecule has 1 atom stereocenters. The summed E-state index contributed by atoms with van der Waals surface area (Å²) < 4.78 is 9.82. The minimum absolute atomic E-state index is 0.151. The average Bonchev–Trinajstić information content (AvgIpc) is 2.99. The fourth-order valence-electron chi connectivity index (χ4n) is 1.75. The van der Waals surface area contributed by atoms with E-state index in [0.29, 0.717) is 25.9 Å². The lowest BCUT2D eigenvalue weighted by Gasteiger charge is -2.08. The fourth-order valence-corrected chi connectivity index (χ4v) is 1.75. The molecule has 0 aromatic carbocycles. The van der Waals surface area contributed by atoms with E-state index in [-0.39, 0.29) is 25.1 Å². The number of carboxylic acid groups (broad SMARTS) is 1. The van der Waals surface area contributed by atoms with E-state index in [0.717, 1.165) is 5.02 Å². The van der Waals surface area contributed by atoms with Gasteiger partial charge in [0.1, 0.15) is 11.6 Å². The number of aromatic nitrogens is 2. The summed E-state index contributed by atoms with van der Waals surface area (Å²) >= 11 is 0. The Kier molecular flexibility index (Phi) is 4.03. The third-order valence-corrected chi connectivity index (χ3v) is 2.85. The van der Waals surface area contributed by atoms with Crippen LogP contribution in [0.15, 0.2) is 4.63 Å². The van der Waals surface area contributed by atoms with Crippen LogP contribution in [0.1, 0.15) is 19.8 Å². The van der Waals surface area contributed by atoms with Gasteiger partial charge in [0.2, 0.25) is 0 Å². The number of carbonyl (C=O) groups excluding carboxylic acids is 1. The second kappa shape index (κ2) is 5.72. The molecule has 1 aromatic rings. The zero-order valence-corrected chi connectivity index (χ0v) is 10.7. The third-order valence-electron chi connectivity index (χ3n) is 2.85. The largest absolute Gasteiger partial charge is 0.481 e. The Morgan fingerprint density at radius 1 is 1.42 bits per heavy atom. The van der Waals surface area contributed by atoms with Crippen LogP contribution in [0.25, 0.3) is 0 Å². The second-order valence-electron chi connectivity index (χ2n) is 4.22. The van der Waals surface area contributed by atoms with Gasteiger partial charge in [0.25, 0.3) is 0 Å². The molecule has 108 valence electrons. The first-order valence-electron chi connectivity index (χ1n) is 6.16. The van der Waals surface area contributed by atoms with E-state index in [1.165, 1.54) is 4.96 Å². The SMILES string of the molecule is CCC(=O)OCCOn1on1N1CCC(C(=O)O)C1. The van der Waals surface area contributed by atoms with Crippen LogP contribution in [0.2, 0.25) is 0 Å². The maximum atomic E-state index is 10.8. The molecule has 2 heterocycles. The van der Waals surface area contributed by atoms with Gasteiger partial charge in [0.05, 0.1) is 12.5 Å². The standard InChI is InChI=1S/C10H17N3O6/c1-2-9(14)17-5-6-18-13-12(19-13)11-4-3-8(7-11)10(15)16/h8H,2-7H2,1H3,(H,15,16). The maximum Gasteiger partial charge on any atom is 0.308 e. The smallest absolute Gasteiger partial charge is 0.308 e. The Morgan fingerprint density at radius 3 is 2.84 bits per heavy atom. The van der Waals surface area contributed by atoms with Crippen LogP contribution in [0.3, 0.4) is 0 Å². The predicted octanol–water partition coefficient (Wildman–Crippen LogP) is -0.693. The molecule has 1 N–H and O–H groups in total. The number of carbonyl (C=O) groups is 2. The number of nitrogens with zero attached hydrogens (tertiary/aromatic N) is 3. The lowest BCUT2D eigenvalue weighted by molar-refractivity contribution is -0.145. The second-order valence-corrected chi connectivity index (χ2v) is 4.22. The molecule has 0 spiro atoms. The van der Waals surface area contributed by atoms with Crippen molar-refractivity contribution in [2.75, 3.05) is 31.3 Å². The molecule has 0 amide bonds. The molecule has 9 nitrogen and oxygen atoms in total. The monoisotopic (exact) mass is 275 g/mol. The lowest BCUT2D eigenvalue weighted by atomic mass is 10.1. The number of hydrogen-bond acceptors (Lipinski definition) is 6. The van der Waals surface area contributed by atoms with Gasteiger partial charge in [-0.15, -0.1) is 0 Å². The number of ether oxygens (including phenoxy) is 1. The van der Waals surface area contributed by atoms with Gasteiger partial charge in [-0.05, 0) is 6.42 Å². The number of aliphatic carboxylic acids is 1. The topological polar surface area (TPSA) is 99.1 Å². The first-order chi connectivity index (χ1) is 9.11. The van der Waals surface area contributed by atoms with E-state index in [1.807, 2.05) is 0 Å². The average molecular weight is 275 g/mol. The van der Waals surface area contributed by atoms with Crippen LogP contribution in [-0.4, -0.2) is 53.3 Å². The summed E-state index contributed by atoms with van der Waals surface area (Å²) in [7, 11) is 0. The van der Waals surface area contributed by atoms with Crippen LogP contribution in [-0.2, 0) is 14.3 Å². The predicted molar refractivity (Wildman–Crippen MR) is 61.1 cm³/mol. The third kappa shape index (κ3) is 3.46. The van der Waals surface area contributed by atoms with Gasteiger partial charge in [-0.3, -0.25) is 14.6 Å². The Morgan fingerprint density at radius 2 is 2.21 bits per heavy atom. The summed E-state index contributed by atoms with van der Waals surface area (Å²) in [6.45, 7) is 3.03. The number of hydrogen-bond donors (Lipinski definition) is 1. The normalized spacial score (nSPS) is 18.8. The molecule has 0 bridgehead atoms.